The number of nitrogens with zero attached hydrogens (tertiary/aromatic N) is 5. The molecule has 1 aromatic carbocycles. The number of aromatic nitrogens is 3. The number of nitrogens with one attached hydrogen (secondary N) is 1. The van der Waals surface area contributed by atoms with E-state index < -0.39 is 9.84 Å². The van der Waals surface area contributed by atoms with Crippen LogP contribution in [0.5, 0.6) is 5.75 Å². The summed E-state index contributed by atoms with van der Waals surface area (Å²) >= 11 is 0. The van der Waals surface area contributed by atoms with Crippen LogP contribution in [0.1, 0.15) is 51.4 Å². The Bertz CT molecular complexity index is 1470. The molecule has 1 amide bonds. The highest BCUT2D eigenvalue weighted by molar-refractivity contribution is 7.90. The molecule has 228 valence electrons. The summed E-state index contributed by atoms with van der Waals surface area (Å²) in [5.74, 6) is 2.51. The third-order valence-electron chi connectivity index (χ3n) is 8.69. The number of sulfone groups is 1. The van der Waals surface area contributed by atoms with Crippen molar-refractivity contribution in [2.75, 3.05) is 51.1 Å². The molecule has 5 rings (SSSR count). The van der Waals surface area contributed by atoms with Crippen LogP contribution in [0.25, 0.3) is 16.7 Å². The van der Waals surface area contributed by atoms with Crippen molar-refractivity contribution in [3.05, 3.63) is 42.7 Å². The van der Waals surface area contributed by atoms with Gasteiger partial charge < -0.3 is 24.4 Å². The lowest BCUT2D eigenvalue weighted by Gasteiger charge is -2.37. The monoisotopic (exact) mass is 596 g/mol. The highest BCUT2D eigenvalue weighted by Gasteiger charge is 2.30. The van der Waals surface area contributed by atoms with Gasteiger partial charge >= 0.3 is 0 Å². The van der Waals surface area contributed by atoms with Crippen molar-refractivity contribution in [1.82, 2.24) is 24.3 Å². The van der Waals surface area contributed by atoms with E-state index in [0.717, 1.165) is 61.2 Å². The molecule has 0 bridgehead atoms. The molecule has 1 aliphatic carbocycles. The van der Waals surface area contributed by atoms with Gasteiger partial charge in [0, 0.05) is 55.6 Å². The summed E-state index contributed by atoms with van der Waals surface area (Å²) in [4.78, 5) is 26.8. The molecule has 10 nitrogen and oxygen atoms in total. The van der Waals surface area contributed by atoms with E-state index in [1.807, 2.05) is 53.0 Å². The maximum atomic E-state index is 13.2. The average Bonchev–Trinajstić information content (AvgIpc) is 3.41. The Morgan fingerprint density at radius 2 is 1.93 bits per heavy atom. The fourth-order valence-electron chi connectivity index (χ4n) is 6.28. The van der Waals surface area contributed by atoms with Gasteiger partial charge in [0.1, 0.15) is 21.4 Å². The number of hydrogen-bond donors (Lipinski definition) is 1. The molecule has 0 radical (unpaired) electrons. The van der Waals surface area contributed by atoms with Crippen molar-refractivity contribution in [3.63, 3.8) is 0 Å². The Labute approximate surface area is 249 Å². The van der Waals surface area contributed by atoms with Gasteiger partial charge in [0.2, 0.25) is 11.9 Å². The summed E-state index contributed by atoms with van der Waals surface area (Å²) in [6, 6.07) is 10.4. The lowest BCUT2D eigenvalue weighted by Crippen LogP contribution is -2.47. The van der Waals surface area contributed by atoms with Crippen molar-refractivity contribution in [2.45, 2.75) is 63.5 Å². The quantitative estimate of drug-likeness (QED) is 0.329. The summed E-state index contributed by atoms with van der Waals surface area (Å²) in [6.45, 7) is 2.28. The van der Waals surface area contributed by atoms with E-state index in [2.05, 4.69) is 22.2 Å². The van der Waals surface area contributed by atoms with Gasteiger partial charge in [-0.05, 0) is 82.8 Å². The Morgan fingerprint density at radius 3 is 2.69 bits per heavy atom. The molecule has 1 aliphatic heterocycles. The molecule has 1 N–H and O–H groups in total. The number of ether oxygens (including phenoxy) is 1. The van der Waals surface area contributed by atoms with E-state index in [9.17, 15) is 13.2 Å². The van der Waals surface area contributed by atoms with E-state index >= 15 is 0 Å². The van der Waals surface area contributed by atoms with Crippen LogP contribution in [0.4, 0.5) is 5.95 Å². The molecule has 42 heavy (non-hydrogen) atoms. The topological polar surface area (TPSA) is 110 Å². The summed E-state index contributed by atoms with van der Waals surface area (Å²) in [6.07, 6.45) is 12.6. The number of fused-ring (bicyclic) bond motifs is 1. The van der Waals surface area contributed by atoms with Crippen molar-refractivity contribution < 1.29 is 17.9 Å². The molecule has 2 aliphatic rings. The molecule has 2 aromatic heterocycles. The molecule has 1 atom stereocenters. The minimum Gasteiger partial charge on any atom is -0.493 e. The maximum absolute atomic E-state index is 13.2. The highest BCUT2D eigenvalue weighted by atomic mass is 32.2. The zero-order chi connectivity index (χ0) is 29.7. The molecule has 1 saturated carbocycles. The van der Waals surface area contributed by atoms with Crippen LogP contribution in [-0.2, 0) is 14.6 Å². The number of amides is 1. The lowest BCUT2D eigenvalue weighted by atomic mass is 9.85. The Morgan fingerprint density at radius 1 is 1.12 bits per heavy atom. The second kappa shape index (κ2) is 13.4. The van der Waals surface area contributed by atoms with E-state index in [0.29, 0.717) is 25.0 Å². The van der Waals surface area contributed by atoms with Crippen molar-refractivity contribution in [2.24, 2.45) is 5.92 Å². The first-order chi connectivity index (χ1) is 20.2. The van der Waals surface area contributed by atoms with Gasteiger partial charge in [-0.3, -0.25) is 4.79 Å². The summed E-state index contributed by atoms with van der Waals surface area (Å²) in [5, 5.41) is 4.45. The number of benzene rings is 1. The van der Waals surface area contributed by atoms with E-state index in [1.54, 1.807) is 6.20 Å². The second-order valence-corrected chi connectivity index (χ2v) is 14.2. The molecule has 3 heterocycles. The Hall–Kier alpha value is -3.18. The first-order valence-electron chi connectivity index (χ1n) is 15.1. The van der Waals surface area contributed by atoms with Crippen LogP contribution in [0.2, 0.25) is 0 Å². The SMILES string of the molecule is CN(CC1CCCCN1C)C(=O)[C@H]1CC[C@H](Nc2nccc(-n3ccc4c(OCCCS(C)(=O)=O)cccc43)n2)CC1. The molecular formula is C31H44N6O4S. The maximum Gasteiger partial charge on any atom is 0.225 e. The van der Waals surface area contributed by atoms with Gasteiger partial charge in [-0.2, -0.15) is 4.98 Å². The van der Waals surface area contributed by atoms with Gasteiger partial charge in [-0.1, -0.05) is 12.5 Å². The first kappa shape index (κ1) is 30.3. The predicted molar refractivity (Wildman–Crippen MR) is 166 cm³/mol. The smallest absolute Gasteiger partial charge is 0.225 e. The van der Waals surface area contributed by atoms with E-state index in [4.69, 9.17) is 9.72 Å². The van der Waals surface area contributed by atoms with Crippen LogP contribution in [-0.4, -0.2) is 96.5 Å². The van der Waals surface area contributed by atoms with Crippen LogP contribution < -0.4 is 10.1 Å². The fourth-order valence-corrected chi connectivity index (χ4v) is 6.92. The largest absolute Gasteiger partial charge is 0.493 e. The number of carbonyl (C=O) groups is 1. The molecule has 0 spiro atoms. The third kappa shape index (κ3) is 7.60. The molecule has 11 heteroatoms. The Balaban J connectivity index is 1.16. The lowest BCUT2D eigenvalue weighted by molar-refractivity contribution is -0.136. The number of likely N-dealkylation sites (N-methyl/N-ethyl adjacent to an activating group) is 2. The summed E-state index contributed by atoms with van der Waals surface area (Å²) < 4.78 is 30.7. The van der Waals surface area contributed by atoms with E-state index in [1.165, 1.54) is 25.5 Å². The van der Waals surface area contributed by atoms with Crippen molar-refractivity contribution in [3.8, 4) is 11.6 Å². The first-order valence-corrected chi connectivity index (χ1v) is 17.2. The van der Waals surface area contributed by atoms with Crippen LogP contribution in [0.15, 0.2) is 42.7 Å². The number of likely N-dealkylation sites (tertiary alicyclic amines) is 1. The predicted octanol–water partition coefficient (Wildman–Crippen LogP) is 4.15. The minimum atomic E-state index is -3.01. The molecular weight excluding hydrogens is 552 g/mol. The number of piperidine rings is 1. The molecule has 2 fully saturated rings. The number of carbonyl (C=O) groups excluding carboxylic acids is 1. The van der Waals surface area contributed by atoms with Crippen LogP contribution >= 0.6 is 0 Å². The second-order valence-electron chi connectivity index (χ2n) is 12.0. The highest BCUT2D eigenvalue weighted by Crippen LogP contribution is 2.30. The minimum absolute atomic E-state index is 0.0863. The number of anilines is 1. The van der Waals surface area contributed by atoms with Crippen molar-refractivity contribution in [1.29, 1.82) is 0 Å². The third-order valence-corrected chi connectivity index (χ3v) is 9.72. The summed E-state index contributed by atoms with van der Waals surface area (Å²) in [7, 11) is 1.13. The van der Waals surface area contributed by atoms with Crippen molar-refractivity contribution >= 4 is 32.6 Å². The zero-order valence-electron chi connectivity index (χ0n) is 25.0. The van der Waals surface area contributed by atoms with E-state index in [-0.39, 0.29) is 23.6 Å². The fraction of sp³-hybridized carbons (Fsp3) is 0.581. The molecule has 1 saturated heterocycles. The van der Waals surface area contributed by atoms with Gasteiger partial charge in [0.15, 0.2) is 0 Å². The van der Waals surface area contributed by atoms with Gasteiger partial charge in [0.05, 0.1) is 17.9 Å². The number of hydrogen-bond acceptors (Lipinski definition) is 8. The zero-order valence-corrected chi connectivity index (χ0v) is 25.9. The normalized spacial score (nSPS) is 21.7. The Kier molecular flexibility index (Phi) is 9.67. The van der Waals surface area contributed by atoms with Gasteiger partial charge in [-0.15, -0.1) is 0 Å². The van der Waals surface area contributed by atoms with Crippen LogP contribution in [0, 0.1) is 5.92 Å². The molecule has 1 unspecified atom stereocenters. The number of rotatable bonds is 11. The average molecular weight is 597 g/mol. The standard InChI is InChI=1S/C31H44N6O4S/c1-35-18-5-4-8-25(35)22-36(2)30(38)23-11-13-24(14-12-23)33-31-32-17-15-29(34-31)37-19-16-26-27(37)9-6-10-28(26)41-20-7-21-42(3,39)40/h6,9-10,15-17,19,23-25H,4-5,7-8,11-14,18,20-22H2,1-3H3,(H,32,33,34)/t23-,24-,25?. The summed E-state index contributed by atoms with van der Waals surface area (Å²) in [5.41, 5.74) is 0.947. The van der Waals surface area contributed by atoms with Gasteiger partial charge in [-0.25, -0.2) is 13.4 Å². The van der Waals surface area contributed by atoms with Gasteiger partial charge in [0.25, 0.3) is 0 Å². The van der Waals surface area contributed by atoms with Crippen LogP contribution in [0.3, 0.4) is 0 Å². The molecule has 3 aromatic rings.